The molecule has 0 saturated carbocycles. The number of hydrogen-bond acceptors (Lipinski definition) is 1. The van der Waals surface area contributed by atoms with Gasteiger partial charge in [-0.2, -0.15) is 0 Å². The fourth-order valence-electron chi connectivity index (χ4n) is 1.41. The average molecular weight is 213 g/mol. The van der Waals surface area contributed by atoms with E-state index in [0.717, 1.165) is 0 Å². The van der Waals surface area contributed by atoms with Crippen LogP contribution in [0, 0.1) is 0 Å². The monoisotopic (exact) mass is 213 g/mol. The van der Waals surface area contributed by atoms with E-state index in [-0.39, 0.29) is 0 Å². The molecule has 0 N–H and O–H groups in total. The molecule has 0 aromatic heterocycles. The first-order chi connectivity index (χ1) is 6.41. The van der Waals surface area contributed by atoms with Crippen LogP contribution in [0.15, 0.2) is 12.2 Å². The summed E-state index contributed by atoms with van der Waals surface area (Å²) in [6.07, 6.45) is 2.43. The first-order valence-electron chi connectivity index (χ1n) is 5.82. The summed E-state index contributed by atoms with van der Waals surface area (Å²) in [4.78, 5) is 2.51. The van der Waals surface area contributed by atoms with Gasteiger partial charge in [-0.15, -0.1) is 0 Å². The molecule has 0 spiro atoms. The van der Waals surface area contributed by atoms with Crippen molar-refractivity contribution in [3.8, 4) is 0 Å². The van der Waals surface area contributed by atoms with E-state index in [1.165, 1.54) is 48.3 Å². The minimum atomic E-state index is 0.408. The van der Waals surface area contributed by atoms with Gasteiger partial charge in [-0.3, -0.25) is 0 Å². The lowest BCUT2D eigenvalue weighted by molar-refractivity contribution is 0.290. The molecule has 0 fully saturated rings. The maximum absolute atomic E-state index is 4.20. The molecule has 0 amide bonds. The number of nitrogens with zero attached hydrogens (tertiary/aromatic N) is 1. The fourth-order valence-corrected chi connectivity index (χ4v) is 1.66. The molecule has 0 heterocycles. The van der Waals surface area contributed by atoms with Gasteiger partial charge in [-0.25, -0.2) is 0 Å². The Kier molecular flexibility index (Phi) is 6.37. The number of hydrogen-bond donors (Lipinski definition) is 0. The van der Waals surface area contributed by atoms with E-state index in [0.29, 0.717) is 5.04 Å². The second-order valence-corrected chi connectivity index (χ2v) is 7.54. The van der Waals surface area contributed by atoms with Gasteiger partial charge < -0.3 is 4.90 Å². The van der Waals surface area contributed by atoms with Crippen LogP contribution in [0.3, 0.4) is 0 Å². The molecule has 2 heteroatoms. The standard InChI is InChI=1S/C12H27NSi/c1-6-9-13(7-2)10-8-11(3)12(4,5)14/h3,6-10H2,1-2,4-5,14H3. The molecule has 0 atom stereocenters. The summed E-state index contributed by atoms with van der Waals surface area (Å²) >= 11 is 0. The molecule has 0 aliphatic heterocycles. The first-order valence-corrected chi connectivity index (χ1v) is 6.82. The Morgan fingerprint density at radius 2 is 1.86 bits per heavy atom. The van der Waals surface area contributed by atoms with Crippen LogP contribution in [0.2, 0.25) is 5.04 Å². The number of rotatable bonds is 7. The second-order valence-electron chi connectivity index (χ2n) is 5.04. The summed E-state index contributed by atoms with van der Waals surface area (Å²) < 4.78 is 0. The van der Waals surface area contributed by atoms with Crippen LogP contribution in [0.5, 0.6) is 0 Å². The Morgan fingerprint density at radius 1 is 1.29 bits per heavy atom. The lowest BCUT2D eigenvalue weighted by Gasteiger charge is -2.25. The van der Waals surface area contributed by atoms with Crippen molar-refractivity contribution >= 4 is 10.2 Å². The normalized spacial score (nSPS) is 12.4. The van der Waals surface area contributed by atoms with Gasteiger partial charge in [0.1, 0.15) is 0 Å². The van der Waals surface area contributed by atoms with Crippen molar-refractivity contribution in [1.82, 2.24) is 4.90 Å². The highest BCUT2D eigenvalue weighted by Gasteiger charge is 2.14. The largest absolute Gasteiger partial charge is 0.303 e. The van der Waals surface area contributed by atoms with Crippen LogP contribution >= 0.6 is 0 Å². The third-order valence-corrected chi connectivity index (χ3v) is 3.48. The van der Waals surface area contributed by atoms with Gasteiger partial charge in [0.25, 0.3) is 0 Å². The Morgan fingerprint density at radius 3 is 2.21 bits per heavy atom. The van der Waals surface area contributed by atoms with E-state index in [1.807, 2.05) is 0 Å². The van der Waals surface area contributed by atoms with E-state index in [1.54, 1.807) is 0 Å². The van der Waals surface area contributed by atoms with Gasteiger partial charge in [-0.1, -0.05) is 39.8 Å². The Labute approximate surface area is 93.0 Å². The molecular formula is C12H27NSi. The molecule has 0 aliphatic carbocycles. The summed E-state index contributed by atoms with van der Waals surface area (Å²) in [5.74, 6) is 0. The van der Waals surface area contributed by atoms with Gasteiger partial charge in [-0.05, 0) is 31.0 Å². The van der Waals surface area contributed by atoms with Crippen molar-refractivity contribution < 1.29 is 0 Å². The molecule has 84 valence electrons. The van der Waals surface area contributed by atoms with Crippen LogP contribution in [0.25, 0.3) is 0 Å². The third-order valence-electron chi connectivity index (χ3n) is 2.78. The molecule has 0 aromatic carbocycles. The topological polar surface area (TPSA) is 3.24 Å². The van der Waals surface area contributed by atoms with Crippen LogP contribution in [-0.4, -0.2) is 34.8 Å². The summed E-state index contributed by atoms with van der Waals surface area (Å²) in [5.41, 5.74) is 1.43. The van der Waals surface area contributed by atoms with Crippen molar-refractivity contribution in [3.63, 3.8) is 0 Å². The van der Waals surface area contributed by atoms with Crippen LogP contribution in [-0.2, 0) is 0 Å². The molecule has 0 aliphatic rings. The van der Waals surface area contributed by atoms with E-state index >= 15 is 0 Å². The van der Waals surface area contributed by atoms with Gasteiger partial charge >= 0.3 is 0 Å². The van der Waals surface area contributed by atoms with Crippen LogP contribution < -0.4 is 0 Å². The highest BCUT2D eigenvalue weighted by Crippen LogP contribution is 2.30. The second kappa shape index (κ2) is 6.41. The zero-order chi connectivity index (χ0) is 11.2. The molecule has 0 aromatic rings. The summed E-state index contributed by atoms with van der Waals surface area (Å²) in [5, 5.41) is 0.408. The minimum absolute atomic E-state index is 0.408. The third kappa shape index (κ3) is 5.61. The van der Waals surface area contributed by atoms with Crippen molar-refractivity contribution in [3.05, 3.63) is 12.2 Å². The van der Waals surface area contributed by atoms with E-state index < -0.39 is 0 Å². The lowest BCUT2D eigenvalue weighted by atomic mass is 10.0. The fraction of sp³-hybridized carbons (Fsp3) is 0.833. The zero-order valence-corrected chi connectivity index (χ0v) is 12.7. The van der Waals surface area contributed by atoms with E-state index in [2.05, 4.69) is 39.2 Å². The Balaban J connectivity index is 3.85. The average Bonchev–Trinajstić information content (AvgIpc) is 2.10. The minimum Gasteiger partial charge on any atom is -0.303 e. The van der Waals surface area contributed by atoms with E-state index in [4.69, 9.17) is 0 Å². The first kappa shape index (κ1) is 13.9. The molecule has 14 heavy (non-hydrogen) atoms. The SMILES string of the molecule is C=C(CCN(CC)CCC)C(C)(C)[SiH3]. The highest BCUT2D eigenvalue weighted by molar-refractivity contribution is 6.16. The van der Waals surface area contributed by atoms with Crippen LogP contribution in [0.4, 0.5) is 0 Å². The Hall–Kier alpha value is -0.0831. The molecule has 0 saturated heterocycles. The van der Waals surface area contributed by atoms with Crippen molar-refractivity contribution in [1.29, 1.82) is 0 Å². The van der Waals surface area contributed by atoms with Gasteiger partial charge in [0.15, 0.2) is 0 Å². The maximum Gasteiger partial charge on any atom is 0.0150 e. The molecular weight excluding hydrogens is 186 g/mol. The van der Waals surface area contributed by atoms with Gasteiger partial charge in [0.05, 0.1) is 0 Å². The van der Waals surface area contributed by atoms with Gasteiger partial charge in [0.2, 0.25) is 0 Å². The predicted octanol–water partition coefficient (Wildman–Crippen LogP) is 2.23. The maximum atomic E-state index is 4.20. The van der Waals surface area contributed by atoms with Crippen molar-refractivity contribution in [2.24, 2.45) is 0 Å². The zero-order valence-electron chi connectivity index (χ0n) is 10.7. The predicted molar refractivity (Wildman–Crippen MR) is 70.1 cm³/mol. The smallest absolute Gasteiger partial charge is 0.0150 e. The molecule has 0 rings (SSSR count). The lowest BCUT2D eigenvalue weighted by Crippen LogP contribution is -2.26. The molecule has 1 nitrogen and oxygen atoms in total. The molecule has 0 radical (unpaired) electrons. The van der Waals surface area contributed by atoms with Crippen molar-refractivity contribution in [2.45, 2.75) is 45.6 Å². The molecule has 0 bridgehead atoms. The van der Waals surface area contributed by atoms with Crippen molar-refractivity contribution in [2.75, 3.05) is 19.6 Å². The van der Waals surface area contributed by atoms with E-state index in [9.17, 15) is 0 Å². The Bertz CT molecular complexity index is 170. The summed E-state index contributed by atoms with van der Waals surface area (Å²) in [6.45, 7) is 16.9. The molecule has 0 unspecified atom stereocenters. The summed E-state index contributed by atoms with van der Waals surface area (Å²) in [7, 11) is 1.21. The van der Waals surface area contributed by atoms with Crippen LogP contribution in [0.1, 0.15) is 40.5 Å². The van der Waals surface area contributed by atoms with Gasteiger partial charge in [0, 0.05) is 16.8 Å². The highest BCUT2D eigenvalue weighted by atomic mass is 28.1. The quantitative estimate of drug-likeness (QED) is 0.463. The summed E-state index contributed by atoms with van der Waals surface area (Å²) in [6, 6.07) is 0.